The minimum atomic E-state index is -0.326. The van der Waals surface area contributed by atoms with E-state index in [1.54, 1.807) is 0 Å². The molecule has 0 saturated heterocycles. The first-order chi connectivity index (χ1) is 11.3. The molecule has 1 heteroatoms. The van der Waals surface area contributed by atoms with E-state index in [1.165, 1.54) is 38.6 Å². The van der Waals surface area contributed by atoms with Crippen LogP contribution in [0.2, 0.25) is 0 Å². The van der Waals surface area contributed by atoms with Crippen molar-refractivity contribution in [3.63, 3.8) is 0 Å². The first kappa shape index (κ1) is 14.2. The van der Waals surface area contributed by atoms with Crippen LogP contribution < -0.4 is 5.73 Å². The van der Waals surface area contributed by atoms with Crippen molar-refractivity contribution in [3.05, 3.63) is 71.3 Å². The van der Waals surface area contributed by atoms with Crippen molar-refractivity contribution < 1.29 is 0 Å². The van der Waals surface area contributed by atoms with Crippen molar-refractivity contribution in [3.8, 4) is 11.1 Å². The van der Waals surface area contributed by atoms with Gasteiger partial charge in [0, 0.05) is 16.4 Å². The molecule has 0 radical (unpaired) electrons. The Hall–Kier alpha value is -2.12. The van der Waals surface area contributed by atoms with Gasteiger partial charge in [-0.05, 0) is 64.6 Å². The second kappa shape index (κ2) is 3.92. The quantitative estimate of drug-likeness (QED) is 0.662. The zero-order chi connectivity index (χ0) is 16.9. The fourth-order valence-corrected chi connectivity index (χ4v) is 5.87. The third-order valence-corrected chi connectivity index (χ3v) is 6.60. The lowest BCUT2D eigenvalue weighted by atomic mass is 9.41. The number of hydrogen-bond donors (Lipinski definition) is 1. The summed E-state index contributed by atoms with van der Waals surface area (Å²) in [4.78, 5) is 0. The first-order valence-electron chi connectivity index (χ1n) is 8.76. The van der Waals surface area contributed by atoms with Crippen LogP contribution >= 0.6 is 0 Å². The van der Waals surface area contributed by atoms with Crippen molar-refractivity contribution in [1.29, 1.82) is 0 Å². The average Bonchev–Trinajstić information content (AvgIpc) is 2.82. The van der Waals surface area contributed by atoms with Gasteiger partial charge in [-0.3, -0.25) is 0 Å². The largest absolute Gasteiger partial charge is 0.324 e. The van der Waals surface area contributed by atoms with Crippen molar-refractivity contribution >= 4 is 10.8 Å². The lowest BCUT2D eigenvalue weighted by Crippen LogP contribution is -2.68. The van der Waals surface area contributed by atoms with Crippen LogP contribution in [-0.4, -0.2) is 5.54 Å². The van der Waals surface area contributed by atoms with Gasteiger partial charge >= 0.3 is 0 Å². The molecule has 24 heavy (non-hydrogen) atoms. The van der Waals surface area contributed by atoms with E-state index in [0.29, 0.717) is 0 Å². The standard InChI is InChI=1S/C23H23N/c1-21(2)18-11-7-10-16-17-12-14-8-5-6-9-15(14)13-19(17)23(21,20(16)18)22(3,4)24/h5-13H,24H2,1-4H3. The molecule has 0 saturated carbocycles. The third kappa shape index (κ3) is 1.26. The van der Waals surface area contributed by atoms with Gasteiger partial charge in [0.2, 0.25) is 0 Å². The van der Waals surface area contributed by atoms with Crippen molar-refractivity contribution in [2.75, 3.05) is 0 Å². The zero-order valence-electron chi connectivity index (χ0n) is 14.8. The van der Waals surface area contributed by atoms with Gasteiger partial charge in [0.05, 0.1) is 0 Å². The van der Waals surface area contributed by atoms with Gasteiger partial charge in [-0.1, -0.05) is 56.3 Å². The second-order valence-electron chi connectivity index (χ2n) is 8.57. The van der Waals surface area contributed by atoms with Crippen LogP contribution in [0.3, 0.4) is 0 Å². The molecule has 0 bridgehead atoms. The fraction of sp³-hybridized carbons (Fsp3) is 0.304. The number of hydrogen-bond acceptors (Lipinski definition) is 1. The van der Waals surface area contributed by atoms with Crippen molar-refractivity contribution in [2.45, 2.75) is 44.1 Å². The molecule has 0 aromatic heterocycles. The summed E-state index contributed by atoms with van der Waals surface area (Å²) < 4.78 is 0. The molecular weight excluding hydrogens is 290 g/mol. The predicted octanol–water partition coefficient (Wildman–Crippen LogP) is 5.13. The highest BCUT2D eigenvalue weighted by molar-refractivity contribution is 5.97. The van der Waals surface area contributed by atoms with Gasteiger partial charge in [0.1, 0.15) is 0 Å². The Kier molecular flexibility index (Phi) is 2.33. The molecule has 2 aliphatic carbocycles. The molecule has 120 valence electrons. The van der Waals surface area contributed by atoms with Crippen LogP contribution in [0, 0.1) is 0 Å². The molecule has 0 spiro atoms. The normalized spacial score (nSPS) is 22.9. The van der Waals surface area contributed by atoms with Crippen LogP contribution in [0.4, 0.5) is 0 Å². The third-order valence-electron chi connectivity index (χ3n) is 6.60. The van der Waals surface area contributed by atoms with E-state index in [4.69, 9.17) is 5.73 Å². The summed E-state index contributed by atoms with van der Waals surface area (Å²) in [6.45, 7) is 9.10. The van der Waals surface area contributed by atoms with Gasteiger partial charge in [-0.25, -0.2) is 0 Å². The van der Waals surface area contributed by atoms with E-state index in [1.807, 2.05) is 0 Å². The monoisotopic (exact) mass is 313 g/mol. The summed E-state index contributed by atoms with van der Waals surface area (Å²) in [6.07, 6.45) is 0. The summed E-state index contributed by atoms with van der Waals surface area (Å²) >= 11 is 0. The highest BCUT2D eigenvalue weighted by Gasteiger charge is 2.68. The first-order valence-corrected chi connectivity index (χ1v) is 8.76. The van der Waals surface area contributed by atoms with Crippen LogP contribution in [0.1, 0.15) is 44.4 Å². The predicted molar refractivity (Wildman–Crippen MR) is 101 cm³/mol. The summed E-state index contributed by atoms with van der Waals surface area (Å²) in [5, 5.41) is 2.61. The zero-order valence-corrected chi connectivity index (χ0v) is 14.8. The Balaban J connectivity index is 2.00. The van der Waals surface area contributed by atoms with Gasteiger partial charge in [-0.15, -0.1) is 0 Å². The Morgan fingerprint density at radius 3 is 2.12 bits per heavy atom. The molecular formula is C23H23N. The van der Waals surface area contributed by atoms with E-state index in [9.17, 15) is 0 Å². The van der Waals surface area contributed by atoms with Crippen LogP contribution in [0.25, 0.3) is 21.9 Å². The maximum absolute atomic E-state index is 6.87. The Morgan fingerprint density at radius 1 is 0.792 bits per heavy atom. The number of rotatable bonds is 1. The lowest BCUT2D eigenvalue weighted by molar-refractivity contribution is 0.153. The fourth-order valence-electron chi connectivity index (χ4n) is 5.87. The van der Waals surface area contributed by atoms with Crippen molar-refractivity contribution in [2.24, 2.45) is 5.73 Å². The van der Waals surface area contributed by atoms with E-state index < -0.39 is 0 Å². The Labute approximate surface area is 143 Å². The molecule has 0 amide bonds. The Bertz CT molecular complexity index is 1020. The average molecular weight is 313 g/mol. The summed E-state index contributed by atoms with van der Waals surface area (Å²) in [5.41, 5.74) is 13.5. The molecule has 2 N–H and O–H groups in total. The van der Waals surface area contributed by atoms with Crippen LogP contribution in [-0.2, 0) is 10.8 Å². The van der Waals surface area contributed by atoms with E-state index in [2.05, 4.69) is 82.3 Å². The maximum Gasteiger partial charge on any atom is 0.0483 e. The topological polar surface area (TPSA) is 26.0 Å². The van der Waals surface area contributed by atoms with Crippen LogP contribution in [0.5, 0.6) is 0 Å². The summed E-state index contributed by atoms with van der Waals surface area (Å²) in [6, 6.07) is 20.2. The molecule has 1 unspecified atom stereocenters. The minimum absolute atomic E-state index is 0.0320. The van der Waals surface area contributed by atoms with Crippen LogP contribution in [0.15, 0.2) is 54.6 Å². The molecule has 3 aromatic carbocycles. The van der Waals surface area contributed by atoms with Gasteiger partial charge < -0.3 is 5.73 Å². The maximum atomic E-state index is 6.87. The molecule has 1 atom stereocenters. The number of nitrogens with two attached hydrogens (primary N) is 1. The summed E-state index contributed by atoms with van der Waals surface area (Å²) in [5.74, 6) is 0. The minimum Gasteiger partial charge on any atom is -0.324 e. The van der Waals surface area contributed by atoms with E-state index in [0.717, 1.165) is 0 Å². The molecule has 0 aliphatic heterocycles. The van der Waals surface area contributed by atoms with Gasteiger partial charge in [0.25, 0.3) is 0 Å². The smallest absolute Gasteiger partial charge is 0.0483 e. The highest BCUT2D eigenvalue weighted by Crippen LogP contribution is 2.70. The highest BCUT2D eigenvalue weighted by atomic mass is 14.8. The van der Waals surface area contributed by atoms with E-state index in [-0.39, 0.29) is 16.4 Å². The molecule has 3 aromatic rings. The number of benzene rings is 3. The summed E-state index contributed by atoms with van der Waals surface area (Å²) in [7, 11) is 0. The van der Waals surface area contributed by atoms with Crippen molar-refractivity contribution in [1.82, 2.24) is 0 Å². The second-order valence-corrected chi connectivity index (χ2v) is 8.57. The number of fused-ring (bicyclic) bond motifs is 4. The molecule has 5 rings (SSSR count). The molecule has 0 heterocycles. The van der Waals surface area contributed by atoms with E-state index >= 15 is 0 Å². The lowest BCUT2D eigenvalue weighted by Gasteiger charge is -2.62. The SMILES string of the molecule is CC(C)(N)C12c3cc4ccccc4cc3-c3cccc(c31)C2(C)C. The van der Waals surface area contributed by atoms with Gasteiger partial charge in [-0.2, -0.15) is 0 Å². The molecule has 0 fully saturated rings. The molecule has 2 aliphatic rings. The molecule has 1 nitrogen and oxygen atoms in total. The Morgan fingerprint density at radius 2 is 1.46 bits per heavy atom. The van der Waals surface area contributed by atoms with Gasteiger partial charge in [0.15, 0.2) is 0 Å².